The molecule has 0 aromatic heterocycles. The number of nitrogens with one attached hydrogen (secondary N) is 1. The minimum absolute atomic E-state index is 0.0930. The monoisotopic (exact) mass is 297 g/mol. The normalized spacial score (nSPS) is 13.9. The standard InChI is InChI=1S/C15H20ClNO3/c1-9(2)15(4,14(19)20)8-13(18)17-12-7-10(3)5-6-11(12)16/h5-7,9H,8H2,1-4H3,(H,17,18)(H,19,20). The van der Waals surface area contributed by atoms with E-state index in [0.717, 1.165) is 5.56 Å². The van der Waals surface area contributed by atoms with Crippen LogP contribution in [0.3, 0.4) is 0 Å². The minimum atomic E-state index is -1.10. The number of halogens is 1. The summed E-state index contributed by atoms with van der Waals surface area (Å²) in [4.78, 5) is 23.4. The van der Waals surface area contributed by atoms with Gasteiger partial charge in [0.05, 0.1) is 16.1 Å². The van der Waals surface area contributed by atoms with Gasteiger partial charge in [-0.3, -0.25) is 9.59 Å². The summed E-state index contributed by atoms with van der Waals surface area (Å²) in [5.74, 6) is -1.48. The highest BCUT2D eigenvalue weighted by Crippen LogP contribution is 2.32. The van der Waals surface area contributed by atoms with Gasteiger partial charge in [0.25, 0.3) is 0 Å². The number of carbonyl (C=O) groups excluding carboxylic acids is 1. The Hall–Kier alpha value is -1.55. The van der Waals surface area contributed by atoms with E-state index in [0.29, 0.717) is 10.7 Å². The Bertz CT molecular complexity index is 528. The molecule has 0 aliphatic carbocycles. The number of aryl methyl sites for hydroxylation is 1. The molecule has 0 saturated carbocycles. The third-order valence-electron chi connectivity index (χ3n) is 3.69. The average Bonchev–Trinajstić information content (AvgIpc) is 2.33. The highest BCUT2D eigenvalue weighted by Gasteiger charge is 2.38. The highest BCUT2D eigenvalue weighted by atomic mass is 35.5. The van der Waals surface area contributed by atoms with Crippen molar-refractivity contribution in [2.45, 2.75) is 34.1 Å². The van der Waals surface area contributed by atoms with Crippen molar-refractivity contribution in [3.05, 3.63) is 28.8 Å². The Morgan fingerprint density at radius 2 is 2.00 bits per heavy atom. The molecule has 0 aliphatic heterocycles. The van der Waals surface area contributed by atoms with Gasteiger partial charge in [0.2, 0.25) is 5.91 Å². The maximum Gasteiger partial charge on any atom is 0.310 e. The Labute approximate surface area is 124 Å². The van der Waals surface area contributed by atoms with Gasteiger partial charge in [0.15, 0.2) is 0 Å². The summed E-state index contributed by atoms with van der Waals surface area (Å²) in [7, 11) is 0. The van der Waals surface area contributed by atoms with Gasteiger partial charge in [-0.25, -0.2) is 0 Å². The maximum absolute atomic E-state index is 12.1. The number of amides is 1. The molecule has 1 aromatic rings. The van der Waals surface area contributed by atoms with Crippen LogP contribution in [0, 0.1) is 18.3 Å². The summed E-state index contributed by atoms with van der Waals surface area (Å²) in [6.07, 6.45) is -0.0930. The van der Waals surface area contributed by atoms with Gasteiger partial charge in [-0.15, -0.1) is 0 Å². The van der Waals surface area contributed by atoms with E-state index in [4.69, 9.17) is 11.6 Å². The number of carboxylic acids is 1. The van der Waals surface area contributed by atoms with Gasteiger partial charge in [-0.1, -0.05) is 31.5 Å². The zero-order valence-corrected chi connectivity index (χ0v) is 12.9. The number of benzene rings is 1. The fourth-order valence-corrected chi connectivity index (χ4v) is 1.95. The molecule has 1 amide bonds. The van der Waals surface area contributed by atoms with Crippen LogP contribution in [0.15, 0.2) is 18.2 Å². The fourth-order valence-electron chi connectivity index (χ4n) is 1.79. The number of rotatable bonds is 5. The molecule has 110 valence electrons. The van der Waals surface area contributed by atoms with E-state index < -0.39 is 11.4 Å². The van der Waals surface area contributed by atoms with Gasteiger partial charge in [-0.05, 0) is 37.5 Å². The van der Waals surface area contributed by atoms with E-state index >= 15 is 0 Å². The number of hydrogen-bond donors (Lipinski definition) is 2. The molecule has 0 aliphatic rings. The lowest BCUT2D eigenvalue weighted by Gasteiger charge is -2.28. The smallest absolute Gasteiger partial charge is 0.310 e. The van der Waals surface area contributed by atoms with E-state index in [9.17, 15) is 14.7 Å². The van der Waals surface area contributed by atoms with Crippen LogP contribution >= 0.6 is 11.6 Å². The number of hydrogen-bond acceptors (Lipinski definition) is 2. The molecule has 1 unspecified atom stereocenters. The van der Waals surface area contributed by atoms with Crippen LogP contribution in [0.1, 0.15) is 32.8 Å². The summed E-state index contributed by atoms with van der Waals surface area (Å²) in [6, 6.07) is 5.30. The van der Waals surface area contributed by atoms with Gasteiger partial charge >= 0.3 is 5.97 Å². The van der Waals surface area contributed by atoms with E-state index in [1.165, 1.54) is 0 Å². The first-order valence-electron chi connectivity index (χ1n) is 6.46. The summed E-state index contributed by atoms with van der Waals surface area (Å²) >= 11 is 6.01. The first kappa shape index (κ1) is 16.5. The average molecular weight is 298 g/mol. The molecule has 0 spiro atoms. The van der Waals surface area contributed by atoms with Crippen molar-refractivity contribution in [2.75, 3.05) is 5.32 Å². The van der Waals surface area contributed by atoms with Crippen LogP contribution in [-0.2, 0) is 9.59 Å². The first-order valence-corrected chi connectivity index (χ1v) is 6.84. The zero-order chi connectivity index (χ0) is 15.5. The van der Waals surface area contributed by atoms with Gasteiger partial charge < -0.3 is 10.4 Å². The molecule has 0 bridgehead atoms. The lowest BCUT2D eigenvalue weighted by molar-refractivity contribution is -0.153. The Morgan fingerprint density at radius 3 is 2.50 bits per heavy atom. The van der Waals surface area contributed by atoms with E-state index in [1.807, 2.05) is 13.0 Å². The van der Waals surface area contributed by atoms with Gasteiger partial charge in [0.1, 0.15) is 0 Å². The molecule has 0 saturated heterocycles. The second-order valence-corrected chi connectivity index (χ2v) is 5.99. The Balaban J connectivity index is 2.87. The minimum Gasteiger partial charge on any atom is -0.481 e. The van der Waals surface area contributed by atoms with E-state index in [-0.39, 0.29) is 18.2 Å². The molecule has 0 radical (unpaired) electrons. The van der Waals surface area contributed by atoms with E-state index in [1.54, 1.807) is 32.9 Å². The second kappa shape index (κ2) is 6.27. The van der Waals surface area contributed by atoms with Crippen LogP contribution in [-0.4, -0.2) is 17.0 Å². The van der Waals surface area contributed by atoms with Gasteiger partial charge in [-0.2, -0.15) is 0 Å². The predicted octanol–water partition coefficient (Wildman–Crippen LogP) is 3.72. The fraction of sp³-hybridized carbons (Fsp3) is 0.467. The van der Waals surface area contributed by atoms with Crippen LogP contribution in [0.2, 0.25) is 5.02 Å². The third-order valence-corrected chi connectivity index (χ3v) is 4.02. The van der Waals surface area contributed by atoms with Crippen LogP contribution in [0.25, 0.3) is 0 Å². The Kier molecular flexibility index (Phi) is 5.17. The van der Waals surface area contributed by atoms with Crippen molar-refractivity contribution in [1.82, 2.24) is 0 Å². The van der Waals surface area contributed by atoms with Crippen LogP contribution in [0.5, 0.6) is 0 Å². The molecule has 4 nitrogen and oxygen atoms in total. The lowest BCUT2D eigenvalue weighted by Crippen LogP contribution is -2.37. The van der Waals surface area contributed by atoms with Crippen LogP contribution in [0.4, 0.5) is 5.69 Å². The molecule has 2 N–H and O–H groups in total. The SMILES string of the molecule is Cc1ccc(Cl)c(NC(=O)CC(C)(C(=O)O)C(C)C)c1. The predicted molar refractivity (Wildman–Crippen MR) is 80.0 cm³/mol. The highest BCUT2D eigenvalue weighted by molar-refractivity contribution is 6.33. The van der Waals surface area contributed by atoms with Gasteiger partial charge in [0, 0.05) is 6.42 Å². The molecular weight excluding hydrogens is 278 g/mol. The Morgan fingerprint density at radius 1 is 1.40 bits per heavy atom. The second-order valence-electron chi connectivity index (χ2n) is 5.59. The van der Waals surface area contributed by atoms with Crippen molar-refractivity contribution >= 4 is 29.2 Å². The molecule has 1 aromatic carbocycles. The number of carboxylic acid groups (broad SMARTS) is 1. The molecular formula is C15H20ClNO3. The van der Waals surface area contributed by atoms with Crippen molar-refractivity contribution in [1.29, 1.82) is 0 Å². The van der Waals surface area contributed by atoms with Crippen molar-refractivity contribution < 1.29 is 14.7 Å². The summed E-state index contributed by atoms with van der Waals surface area (Å²) < 4.78 is 0. The molecule has 1 atom stereocenters. The lowest BCUT2D eigenvalue weighted by atomic mass is 9.76. The topological polar surface area (TPSA) is 66.4 Å². The summed E-state index contributed by atoms with van der Waals surface area (Å²) in [5, 5.41) is 12.4. The van der Waals surface area contributed by atoms with Crippen molar-refractivity contribution in [3.63, 3.8) is 0 Å². The maximum atomic E-state index is 12.1. The summed E-state index contributed by atoms with van der Waals surface area (Å²) in [6.45, 7) is 7.06. The number of carbonyl (C=O) groups is 2. The summed E-state index contributed by atoms with van der Waals surface area (Å²) in [5.41, 5.74) is 0.378. The number of aliphatic carboxylic acids is 1. The zero-order valence-electron chi connectivity index (χ0n) is 12.2. The largest absolute Gasteiger partial charge is 0.481 e. The number of anilines is 1. The first-order chi connectivity index (χ1) is 9.16. The van der Waals surface area contributed by atoms with Crippen molar-refractivity contribution in [3.8, 4) is 0 Å². The van der Waals surface area contributed by atoms with Crippen LogP contribution < -0.4 is 5.32 Å². The molecule has 5 heteroatoms. The van der Waals surface area contributed by atoms with Crippen molar-refractivity contribution in [2.24, 2.45) is 11.3 Å². The molecule has 20 heavy (non-hydrogen) atoms. The van der Waals surface area contributed by atoms with E-state index in [2.05, 4.69) is 5.32 Å². The molecule has 0 fully saturated rings. The third kappa shape index (κ3) is 3.73. The molecule has 0 heterocycles. The quantitative estimate of drug-likeness (QED) is 0.870. The molecule has 1 rings (SSSR count).